The normalized spacial score (nSPS) is 20.0. The van der Waals surface area contributed by atoms with Crippen LogP contribution in [0.3, 0.4) is 0 Å². The summed E-state index contributed by atoms with van der Waals surface area (Å²) in [6.45, 7) is 7.76. The maximum absolute atomic E-state index is 14.3. The Balaban J connectivity index is 0.974. The Labute approximate surface area is 376 Å². The summed E-state index contributed by atoms with van der Waals surface area (Å²) < 4.78 is 21.7. The summed E-state index contributed by atoms with van der Waals surface area (Å²) in [5.41, 5.74) is 7.09. The second-order valence-corrected chi connectivity index (χ2v) is 17.7. The number of alkyl carbamates (subject to hydrolysis) is 2. The van der Waals surface area contributed by atoms with Gasteiger partial charge < -0.3 is 49.3 Å². The van der Waals surface area contributed by atoms with E-state index in [-0.39, 0.29) is 41.7 Å². The minimum absolute atomic E-state index is 0.0678. The number of imidazole rings is 2. The van der Waals surface area contributed by atoms with Gasteiger partial charge in [-0.05, 0) is 76.6 Å². The zero-order valence-electron chi connectivity index (χ0n) is 37.3. The van der Waals surface area contributed by atoms with Crippen LogP contribution in [-0.4, -0.2) is 101 Å². The summed E-state index contributed by atoms with van der Waals surface area (Å²) in [6, 6.07) is 21.4. The van der Waals surface area contributed by atoms with Gasteiger partial charge in [0, 0.05) is 37.1 Å². The van der Waals surface area contributed by atoms with Gasteiger partial charge in [-0.25, -0.2) is 19.6 Å². The number of ether oxygens (including phenoxy) is 4. The standard InChI is InChI=1S/C49H54N8O8/c1-26(2)41(54-48(60)63-5)46(58)56-22-27(3)16-38(56)45-51-36-15-13-30-19-35-33-14-12-31(18-32(33)25-65-40(35)20-34(30)43(36)53-45)37-21-50-44(52-37)39-17-28(24-62-4)23-57(39)47(59)42(55-49(61)64-6)29-10-8-7-9-11-29/h7-15,18-21,26-28,38-39,41-42H,16-17,22-25H2,1-6H3,(H,50,52)(H,51,53)(H,54,60)(H,55,61)/t27-,28-,38?,39-,41-,42+/m0/s1. The van der Waals surface area contributed by atoms with Crippen LogP contribution in [0.25, 0.3) is 44.2 Å². The average molecular weight is 883 g/mol. The van der Waals surface area contributed by atoms with Gasteiger partial charge in [0.25, 0.3) is 5.91 Å². The van der Waals surface area contributed by atoms with Crippen LogP contribution >= 0.6 is 0 Å². The van der Waals surface area contributed by atoms with E-state index < -0.39 is 24.3 Å². The first kappa shape index (κ1) is 43.3. The molecule has 4 aromatic carbocycles. The SMILES string of the molecule is COC[C@H]1C[C@@H](c2ncc(-c3ccc4c(c3)COc3cc5c(ccc6[nH]c(C7C[C@H](C)CN7C(=O)[C@@H](NC(=O)OC)C(C)C)nc65)cc3-4)[nH]2)N(C(=O)[C@H](NC(=O)OC)c2ccccc2)C1. The molecule has 2 saturated heterocycles. The quantitative estimate of drug-likeness (QED) is 0.101. The molecule has 0 radical (unpaired) electrons. The molecule has 0 saturated carbocycles. The summed E-state index contributed by atoms with van der Waals surface area (Å²) in [5, 5.41) is 7.41. The number of fused-ring (bicyclic) bond motifs is 6. The van der Waals surface area contributed by atoms with Crippen molar-refractivity contribution in [2.24, 2.45) is 17.8 Å². The highest BCUT2D eigenvalue weighted by Crippen LogP contribution is 2.44. The number of benzene rings is 4. The van der Waals surface area contributed by atoms with Crippen molar-refractivity contribution in [1.29, 1.82) is 0 Å². The number of aromatic nitrogens is 4. The monoisotopic (exact) mass is 882 g/mol. The Kier molecular flexibility index (Phi) is 11.9. The minimum atomic E-state index is -0.948. The Bertz CT molecular complexity index is 2770. The Morgan fingerprint density at radius 1 is 0.831 bits per heavy atom. The van der Waals surface area contributed by atoms with E-state index in [0.717, 1.165) is 61.9 Å². The van der Waals surface area contributed by atoms with E-state index in [1.807, 2.05) is 55.1 Å². The number of aromatic amines is 2. The molecule has 3 aliphatic rings. The van der Waals surface area contributed by atoms with Crippen molar-refractivity contribution in [3.8, 4) is 28.1 Å². The van der Waals surface area contributed by atoms with Crippen LogP contribution in [0.1, 0.15) is 74.5 Å². The number of nitrogens with one attached hydrogen (secondary N) is 4. The molecule has 2 aromatic heterocycles. The lowest BCUT2D eigenvalue weighted by Gasteiger charge is -2.30. The fraction of sp³-hybridized carbons (Fsp3) is 0.388. The van der Waals surface area contributed by atoms with Crippen LogP contribution in [0.15, 0.2) is 79.0 Å². The third-order valence-electron chi connectivity index (χ3n) is 13.0. The van der Waals surface area contributed by atoms with Crippen molar-refractivity contribution in [3.05, 3.63) is 102 Å². The lowest BCUT2D eigenvalue weighted by Crippen LogP contribution is -2.51. The van der Waals surface area contributed by atoms with Gasteiger partial charge in [-0.1, -0.05) is 69.3 Å². The van der Waals surface area contributed by atoms with Gasteiger partial charge >= 0.3 is 12.2 Å². The van der Waals surface area contributed by atoms with E-state index in [9.17, 15) is 19.2 Å². The van der Waals surface area contributed by atoms with Crippen molar-refractivity contribution in [2.45, 2.75) is 64.4 Å². The number of methoxy groups -OCH3 is 3. The van der Waals surface area contributed by atoms with Crippen LogP contribution in [-0.2, 0) is 30.4 Å². The summed E-state index contributed by atoms with van der Waals surface area (Å²) in [7, 11) is 4.22. The van der Waals surface area contributed by atoms with E-state index in [0.29, 0.717) is 49.9 Å². The van der Waals surface area contributed by atoms with Crippen LogP contribution in [0, 0.1) is 17.8 Å². The number of likely N-dealkylation sites (tertiary alicyclic amines) is 2. The zero-order valence-corrected chi connectivity index (χ0v) is 37.3. The van der Waals surface area contributed by atoms with Gasteiger partial charge in [-0.15, -0.1) is 0 Å². The highest BCUT2D eigenvalue weighted by atomic mass is 16.5. The third kappa shape index (κ3) is 8.34. The third-order valence-corrected chi connectivity index (χ3v) is 13.0. The van der Waals surface area contributed by atoms with Crippen LogP contribution in [0.4, 0.5) is 9.59 Å². The van der Waals surface area contributed by atoms with Gasteiger partial charge in [-0.3, -0.25) is 9.59 Å². The molecular formula is C49H54N8O8. The first-order valence-electron chi connectivity index (χ1n) is 22.1. The highest BCUT2D eigenvalue weighted by Gasteiger charge is 2.42. The smallest absolute Gasteiger partial charge is 0.407 e. The number of hydrogen-bond acceptors (Lipinski definition) is 10. The van der Waals surface area contributed by atoms with E-state index in [1.54, 1.807) is 18.2 Å². The molecule has 5 heterocycles. The second-order valence-electron chi connectivity index (χ2n) is 17.7. The molecule has 9 rings (SSSR count). The second kappa shape index (κ2) is 17.9. The molecule has 0 aliphatic carbocycles. The van der Waals surface area contributed by atoms with Gasteiger partial charge in [-0.2, -0.15) is 0 Å². The molecule has 4 N–H and O–H groups in total. The largest absolute Gasteiger partial charge is 0.488 e. The Morgan fingerprint density at radius 3 is 2.34 bits per heavy atom. The molecule has 0 spiro atoms. The van der Waals surface area contributed by atoms with Gasteiger partial charge in [0.05, 0.1) is 55.8 Å². The maximum Gasteiger partial charge on any atom is 0.407 e. The number of carbonyl (C=O) groups is 4. The zero-order chi connectivity index (χ0) is 45.5. The lowest BCUT2D eigenvalue weighted by molar-refractivity contribution is -0.136. The molecular weight excluding hydrogens is 829 g/mol. The van der Waals surface area contributed by atoms with Crippen molar-refractivity contribution < 1.29 is 38.1 Å². The Hall–Kier alpha value is -6.94. The van der Waals surface area contributed by atoms with E-state index in [4.69, 9.17) is 28.9 Å². The fourth-order valence-corrected chi connectivity index (χ4v) is 9.77. The van der Waals surface area contributed by atoms with Crippen molar-refractivity contribution in [3.63, 3.8) is 0 Å². The molecule has 16 nitrogen and oxygen atoms in total. The number of H-pyrrole nitrogens is 2. The lowest BCUT2D eigenvalue weighted by atomic mass is 9.92. The first-order chi connectivity index (χ1) is 31.4. The molecule has 6 aromatic rings. The number of nitrogens with zero attached hydrogens (tertiary/aromatic N) is 4. The number of rotatable bonds is 11. The van der Waals surface area contributed by atoms with Crippen molar-refractivity contribution >= 4 is 45.8 Å². The Morgan fingerprint density at radius 2 is 1.58 bits per heavy atom. The topological polar surface area (TPSA) is 193 Å². The molecule has 1 unspecified atom stereocenters. The molecule has 0 bridgehead atoms. The van der Waals surface area contributed by atoms with Crippen LogP contribution < -0.4 is 15.4 Å². The molecule has 4 amide bonds. The predicted octanol–water partition coefficient (Wildman–Crippen LogP) is 7.59. The molecule has 65 heavy (non-hydrogen) atoms. The predicted molar refractivity (Wildman–Crippen MR) is 243 cm³/mol. The fourth-order valence-electron chi connectivity index (χ4n) is 9.77. The van der Waals surface area contributed by atoms with Gasteiger partial charge in [0.2, 0.25) is 5.91 Å². The van der Waals surface area contributed by atoms with Crippen molar-refractivity contribution in [2.75, 3.05) is 41.0 Å². The van der Waals surface area contributed by atoms with E-state index >= 15 is 0 Å². The number of carbonyl (C=O) groups excluding carboxylic acids is 4. The van der Waals surface area contributed by atoms with E-state index in [2.05, 4.69) is 63.9 Å². The summed E-state index contributed by atoms with van der Waals surface area (Å²) in [4.78, 5) is 73.4. The summed E-state index contributed by atoms with van der Waals surface area (Å²) in [6.07, 6.45) is 1.83. The number of hydrogen-bond donors (Lipinski definition) is 4. The molecule has 2 fully saturated rings. The maximum atomic E-state index is 14.3. The van der Waals surface area contributed by atoms with Crippen LogP contribution in [0.2, 0.25) is 0 Å². The molecule has 16 heteroatoms. The summed E-state index contributed by atoms with van der Waals surface area (Å²) in [5.74, 6) is 1.86. The van der Waals surface area contributed by atoms with E-state index in [1.165, 1.54) is 14.2 Å². The molecule has 6 atom stereocenters. The number of amides is 4. The average Bonchev–Trinajstić information content (AvgIpc) is 4.15. The van der Waals surface area contributed by atoms with Crippen molar-refractivity contribution in [1.82, 2.24) is 40.4 Å². The van der Waals surface area contributed by atoms with Gasteiger partial charge in [0.15, 0.2) is 0 Å². The molecule has 3 aliphatic heterocycles. The minimum Gasteiger partial charge on any atom is -0.488 e. The first-order valence-corrected chi connectivity index (χ1v) is 22.1. The molecule has 338 valence electrons. The van der Waals surface area contributed by atoms with Gasteiger partial charge in [0.1, 0.15) is 36.1 Å². The van der Waals surface area contributed by atoms with Crippen LogP contribution in [0.5, 0.6) is 5.75 Å². The highest BCUT2D eigenvalue weighted by molar-refractivity contribution is 6.07. The summed E-state index contributed by atoms with van der Waals surface area (Å²) >= 11 is 0.